The highest BCUT2D eigenvalue weighted by Crippen LogP contribution is 2.24. The Kier molecular flexibility index (Phi) is 6.32. The van der Waals surface area contributed by atoms with Crippen molar-refractivity contribution in [2.24, 2.45) is 0 Å². The van der Waals surface area contributed by atoms with Gasteiger partial charge in [-0.25, -0.2) is 4.68 Å². The number of anilines is 1. The number of rotatable bonds is 7. The molecule has 1 heterocycles. The molecule has 0 radical (unpaired) electrons. The van der Waals surface area contributed by atoms with Crippen molar-refractivity contribution in [2.45, 2.75) is 25.6 Å². The number of carbonyl (C=O) groups is 1. The monoisotopic (exact) mass is 419 g/mol. The Labute approximate surface area is 170 Å². The van der Waals surface area contributed by atoms with Gasteiger partial charge in [-0.15, -0.1) is 10.2 Å². The van der Waals surface area contributed by atoms with E-state index in [1.165, 1.54) is 16.8 Å². The fourth-order valence-electron chi connectivity index (χ4n) is 2.50. The molecule has 29 heavy (non-hydrogen) atoms. The zero-order chi connectivity index (χ0) is 21.0. The third-order valence-electron chi connectivity index (χ3n) is 4.13. The van der Waals surface area contributed by atoms with Gasteiger partial charge in [0.25, 0.3) is 0 Å². The highest BCUT2D eigenvalue weighted by molar-refractivity contribution is 7.99. The highest BCUT2D eigenvalue weighted by Gasteiger charge is 2.14. The number of nitrogens with one attached hydrogen (secondary N) is 1. The topological polar surface area (TPSA) is 95.1 Å². The summed E-state index contributed by atoms with van der Waals surface area (Å²) in [6.07, 6.45) is 0. The molecule has 152 valence electrons. The zero-order valence-electron chi connectivity index (χ0n) is 15.7. The van der Waals surface area contributed by atoms with Crippen LogP contribution in [0.3, 0.4) is 0 Å². The van der Waals surface area contributed by atoms with Crippen LogP contribution in [0.15, 0.2) is 47.6 Å². The molecule has 10 heteroatoms. The molecule has 7 nitrogen and oxygen atoms in total. The van der Waals surface area contributed by atoms with Gasteiger partial charge >= 0.3 is 6.61 Å². The number of nitrogens with two attached hydrogens (primary N) is 1. The van der Waals surface area contributed by atoms with Crippen LogP contribution in [-0.4, -0.2) is 33.1 Å². The van der Waals surface area contributed by atoms with Crippen LogP contribution in [0.1, 0.15) is 11.1 Å². The Hall–Kier alpha value is -3.14. The number of carbonyl (C=O) groups excluding carboxylic acids is 1. The standard InChI is InChI=1S/C19H19F2N5O2S/c1-11-3-6-14(9-12(11)2)23-16(27)10-29-19-25-24-17(26(19)22)13-4-7-15(8-5-13)28-18(20)21/h3-9,18H,10,22H2,1-2H3,(H,23,27). The largest absolute Gasteiger partial charge is 0.435 e. The molecule has 3 N–H and O–H groups in total. The minimum Gasteiger partial charge on any atom is -0.435 e. The predicted molar refractivity (Wildman–Crippen MR) is 108 cm³/mol. The maximum absolute atomic E-state index is 12.2. The Morgan fingerprint density at radius 3 is 2.55 bits per heavy atom. The maximum Gasteiger partial charge on any atom is 0.387 e. The molecule has 0 unspecified atom stereocenters. The van der Waals surface area contributed by atoms with Gasteiger partial charge in [0, 0.05) is 11.3 Å². The van der Waals surface area contributed by atoms with Gasteiger partial charge in [0.15, 0.2) is 5.82 Å². The Morgan fingerprint density at radius 2 is 1.90 bits per heavy atom. The number of hydrogen-bond acceptors (Lipinski definition) is 6. The van der Waals surface area contributed by atoms with Crippen LogP contribution in [0, 0.1) is 13.8 Å². The summed E-state index contributed by atoms with van der Waals surface area (Å²) in [7, 11) is 0. The van der Waals surface area contributed by atoms with Crippen LogP contribution in [-0.2, 0) is 4.79 Å². The molecule has 2 aromatic carbocycles. The normalized spacial score (nSPS) is 10.9. The highest BCUT2D eigenvalue weighted by atomic mass is 32.2. The minimum absolute atomic E-state index is 0.0319. The average Bonchev–Trinajstić information content (AvgIpc) is 3.04. The van der Waals surface area contributed by atoms with Crippen LogP contribution in [0.5, 0.6) is 5.75 Å². The van der Waals surface area contributed by atoms with E-state index in [9.17, 15) is 13.6 Å². The lowest BCUT2D eigenvalue weighted by Crippen LogP contribution is -2.16. The molecule has 0 saturated heterocycles. The molecule has 0 aliphatic heterocycles. The van der Waals surface area contributed by atoms with E-state index in [0.717, 1.165) is 28.6 Å². The molecule has 1 amide bonds. The Morgan fingerprint density at radius 1 is 1.17 bits per heavy atom. The lowest BCUT2D eigenvalue weighted by molar-refractivity contribution is -0.113. The van der Waals surface area contributed by atoms with Crippen molar-refractivity contribution in [3.05, 3.63) is 53.6 Å². The van der Waals surface area contributed by atoms with Gasteiger partial charge in [-0.3, -0.25) is 4.79 Å². The van der Waals surface area contributed by atoms with Crippen LogP contribution in [0.25, 0.3) is 11.4 Å². The minimum atomic E-state index is -2.89. The molecule has 3 aromatic rings. The summed E-state index contributed by atoms with van der Waals surface area (Å²) in [6.45, 7) is 1.09. The third kappa shape index (κ3) is 5.23. The van der Waals surface area contributed by atoms with Gasteiger partial charge in [-0.05, 0) is 61.4 Å². The van der Waals surface area contributed by atoms with E-state index < -0.39 is 6.61 Å². The molecule has 0 fully saturated rings. The molecule has 0 atom stereocenters. The summed E-state index contributed by atoms with van der Waals surface area (Å²) in [6, 6.07) is 11.6. The SMILES string of the molecule is Cc1ccc(NC(=O)CSc2nnc(-c3ccc(OC(F)F)cc3)n2N)cc1C. The summed E-state index contributed by atoms with van der Waals surface area (Å²) < 4.78 is 30.0. The van der Waals surface area contributed by atoms with Crippen molar-refractivity contribution in [2.75, 3.05) is 16.9 Å². The fraction of sp³-hybridized carbons (Fsp3) is 0.211. The van der Waals surface area contributed by atoms with Gasteiger partial charge in [-0.2, -0.15) is 8.78 Å². The van der Waals surface area contributed by atoms with Crippen LogP contribution >= 0.6 is 11.8 Å². The number of alkyl halides is 2. The lowest BCUT2D eigenvalue weighted by Gasteiger charge is -2.08. The molecular weight excluding hydrogens is 400 g/mol. The lowest BCUT2D eigenvalue weighted by atomic mass is 10.1. The summed E-state index contributed by atoms with van der Waals surface area (Å²) in [4.78, 5) is 12.2. The molecule has 0 bridgehead atoms. The van der Waals surface area contributed by atoms with Crippen molar-refractivity contribution in [1.29, 1.82) is 0 Å². The van der Waals surface area contributed by atoms with Gasteiger partial charge in [-0.1, -0.05) is 17.8 Å². The Bertz CT molecular complexity index is 1010. The molecule has 3 rings (SSSR count). The van der Waals surface area contributed by atoms with E-state index in [1.807, 2.05) is 32.0 Å². The maximum atomic E-state index is 12.2. The summed E-state index contributed by atoms with van der Waals surface area (Å²) >= 11 is 1.14. The first-order valence-electron chi connectivity index (χ1n) is 8.59. The summed E-state index contributed by atoms with van der Waals surface area (Å²) in [5, 5.41) is 11.2. The number of amides is 1. The number of aryl methyl sites for hydroxylation is 2. The number of hydrogen-bond donors (Lipinski definition) is 2. The second-order valence-corrected chi connectivity index (χ2v) is 7.16. The first kappa shape index (κ1) is 20.6. The van der Waals surface area contributed by atoms with Crippen LogP contribution < -0.4 is 15.9 Å². The van der Waals surface area contributed by atoms with Crippen molar-refractivity contribution < 1.29 is 18.3 Å². The number of ether oxygens (including phenoxy) is 1. The second kappa shape index (κ2) is 8.91. The van der Waals surface area contributed by atoms with Crippen LogP contribution in [0.2, 0.25) is 0 Å². The smallest absolute Gasteiger partial charge is 0.387 e. The van der Waals surface area contributed by atoms with E-state index in [4.69, 9.17) is 5.84 Å². The molecule has 0 aliphatic rings. The summed E-state index contributed by atoms with van der Waals surface area (Å²) in [5.41, 5.74) is 3.54. The molecule has 0 spiro atoms. The van der Waals surface area contributed by atoms with Crippen LogP contribution in [0.4, 0.5) is 14.5 Å². The first-order valence-corrected chi connectivity index (χ1v) is 9.57. The van der Waals surface area contributed by atoms with E-state index >= 15 is 0 Å². The molecule has 0 aliphatic carbocycles. The van der Waals surface area contributed by atoms with Crippen molar-refractivity contribution >= 4 is 23.4 Å². The number of halogens is 2. The molecular formula is C19H19F2N5O2S. The zero-order valence-corrected chi connectivity index (χ0v) is 16.5. The van der Waals surface area contributed by atoms with E-state index in [2.05, 4.69) is 20.3 Å². The van der Waals surface area contributed by atoms with Gasteiger partial charge in [0.1, 0.15) is 5.75 Å². The van der Waals surface area contributed by atoms with E-state index in [-0.39, 0.29) is 17.4 Å². The van der Waals surface area contributed by atoms with Crippen molar-refractivity contribution in [3.63, 3.8) is 0 Å². The summed E-state index contributed by atoms with van der Waals surface area (Å²) in [5.74, 6) is 6.29. The molecule has 1 aromatic heterocycles. The van der Waals surface area contributed by atoms with Gasteiger partial charge in [0.05, 0.1) is 5.75 Å². The third-order valence-corrected chi connectivity index (χ3v) is 5.07. The fourth-order valence-corrected chi connectivity index (χ4v) is 3.16. The van der Waals surface area contributed by atoms with E-state index in [1.54, 1.807) is 12.1 Å². The number of thioether (sulfide) groups is 1. The second-order valence-electron chi connectivity index (χ2n) is 6.21. The van der Waals surface area contributed by atoms with Gasteiger partial charge in [0.2, 0.25) is 11.1 Å². The first-order chi connectivity index (χ1) is 13.8. The van der Waals surface area contributed by atoms with Crippen molar-refractivity contribution in [1.82, 2.24) is 14.9 Å². The average molecular weight is 419 g/mol. The van der Waals surface area contributed by atoms with E-state index in [0.29, 0.717) is 16.5 Å². The molecule has 0 saturated carbocycles. The van der Waals surface area contributed by atoms with Gasteiger partial charge < -0.3 is 15.9 Å². The van der Waals surface area contributed by atoms with Crippen molar-refractivity contribution in [3.8, 4) is 17.1 Å². The number of nitrogens with zero attached hydrogens (tertiary/aromatic N) is 3. The number of aromatic nitrogens is 3. The number of nitrogen functional groups attached to an aromatic ring is 1. The predicted octanol–water partition coefficient (Wildman–Crippen LogP) is 3.61. The Balaban J connectivity index is 1.62. The quantitative estimate of drug-likeness (QED) is 0.449. The number of benzene rings is 2.